The minimum atomic E-state index is -2.27. The van der Waals surface area contributed by atoms with E-state index in [9.17, 15) is 19.2 Å². The highest BCUT2D eigenvalue weighted by Crippen LogP contribution is 2.11. The molecule has 2 rings (SSSR count). The summed E-state index contributed by atoms with van der Waals surface area (Å²) in [6.45, 7) is 0.858. The molecule has 1 aliphatic heterocycles. The quantitative estimate of drug-likeness (QED) is 0.265. The average Bonchev–Trinajstić information content (AvgIpc) is 3.23. The predicted molar refractivity (Wildman–Crippen MR) is 95.0 cm³/mol. The molecular weight excluding hydrogens is 394 g/mol. The summed E-state index contributed by atoms with van der Waals surface area (Å²) < 4.78 is 0. The van der Waals surface area contributed by atoms with Crippen LogP contribution in [0, 0.1) is 0 Å². The Labute approximate surface area is 164 Å². The van der Waals surface area contributed by atoms with Gasteiger partial charge in [-0.05, 0) is 24.9 Å². The van der Waals surface area contributed by atoms with Crippen LogP contribution in [-0.4, -0.2) is 84.4 Å². The summed E-state index contributed by atoms with van der Waals surface area (Å²) in [5, 5.41) is 61.1. The molecule has 1 saturated heterocycles. The monoisotopic (exact) mass is 417 g/mol. The van der Waals surface area contributed by atoms with Crippen LogP contribution < -0.4 is 5.32 Å². The molecule has 1 aliphatic rings. The molecule has 1 aromatic rings. The van der Waals surface area contributed by atoms with E-state index in [0.29, 0.717) is 5.56 Å². The summed E-state index contributed by atoms with van der Waals surface area (Å²) in [4.78, 5) is 39.9. The molecule has 1 aromatic carbocycles. The average molecular weight is 417 g/mol. The maximum Gasteiger partial charge on any atom is 0.337 e. The first-order chi connectivity index (χ1) is 13.5. The van der Waals surface area contributed by atoms with Crippen molar-refractivity contribution in [3.05, 3.63) is 35.9 Å². The van der Waals surface area contributed by atoms with Gasteiger partial charge in [0.25, 0.3) is 0 Å². The highest BCUT2D eigenvalue weighted by Gasteiger charge is 2.29. The summed E-state index contributed by atoms with van der Waals surface area (Å²) in [5.41, 5.74) is 0.403. The van der Waals surface area contributed by atoms with Crippen molar-refractivity contribution in [3.63, 3.8) is 0 Å². The summed E-state index contributed by atoms with van der Waals surface area (Å²) in [6.07, 6.45) is -4.15. The smallest absolute Gasteiger partial charge is 0.337 e. The Morgan fingerprint density at radius 1 is 0.828 bits per heavy atom. The molecule has 29 heavy (non-hydrogen) atoms. The number of aliphatic carboxylic acids is 4. The number of carbonyl (C=O) groups is 4. The molecule has 0 aliphatic carbocycles. The van der Waals surface area contributed by atoms with E-state index < -0.39 is 42.2 Å². The molecule has 0 amide bonds. The second kappa shape index (κ2) is 13.2. The third-order valence-electron chi connectivity index (χ3n) is 3.51. The van der Waals surface area contributed by atoms with Gasteiger partial charge in [0.1, 0.15) is 6.04 Å². The molecule has 4 atom stereocenters. The molecular formula is C17H23NO11. The normalized spacial score (nSPS) is 18.0. The molecule has 12 nitrogen and oxygen atoms in total. The largest absolute Gasteiger partial charge is 0.480 e. The molecule has 0 radical (unpaired) electrons. The van der Waals surface area contributed by atoms with Crippen LogP contribution in [0.15, 0.2) is 30.3 Å². The summed E-state index contributed by atoms with van der Waals surface area (Å²) in [5.74, 6) is -5.48. The lowest BCUT2D eigenvalue weighted by Gasteiger charge is -2.07. The van der Waals surface area contributed by atoms with Crippen molar-refractivity contribution in [1.29, 1.82) is 0 Å². The van der Waals surface area contributed by atoms with Crippen LogP contribution in [0.1, 0.15) is 24.5 Å². The number of carboxylic acid groups (broad SMARTS) is 4. The van der Waals surface area contributed by atoms with Gasteiger partial charge in [0.15, 0.2) is 18.3 Å². The van der Waals surface area contributed by atoms with Crippen molar-refractivity contribution in [1.82, 2.24) is 5.32 Å². The molecule has 0 unspecified atom stereocenters. The van der Waals surface area contributed by atoms with Gasteiger partial charge >= 0.3 is 23.9 Å². The number of hydrogen-bond acceptors (Lipinski definition) is 8. The zero-order valence-corrected chi connectivity index (χ0v) is 15.1. The lowest BCUT2D eigenvalue weighted by atomic mass is 10.1. The van der Waals surface area contributed by atoms with Gasteiger partial charge in [0, 0.05) is 0 Å². The third kappa shape index (κ3) is 10.2. The zero-order chi connectivity index (χ0) is 22.6. The summed E-state index contributed by atoms with van der Waals surface area (Å²) >= 11 is 0. The maximum absolute atomic E-state index is 10.2. The molecule has 0 saturated carbocycles. The van der Waals surface area contributed by atoms with Crippen LogP contribution in [0.4, 0.5) is 0 Å². The Morgan fingerprint density at radius 2 is 1.31 bits per heavy atom. The fourth-order valence-electron chi connectivity index (χ4n) is 1.94. The summed E-state index contributed by atoms with van der Waals surface area (Å²) in [6, 6.07) is 7.99. The van der Waals surface area contributed by atoms with Crippen LogP contribution in [0.2, 0.25) is 0 Å². The van der Waals surface area contributed by atoms with E-state index in [4.69, 9.17) is 35.7 Å². The molecule has 0 aromatic heterocycles. The number of aliphatic hydroxyl groups excluding tert-OH is 3. The first-order valence-electron chi connectivity index (χ1n) is 8.22. The van der Waals surface area contributed by atoms with E-state index in [0.717, 1.165) is 19.4 Å². The fraction of sp³-hybridized carbons (Fsp3) is 0.412. The zero-order valence-electron chi connectivity index (χ0n) is 15.1. The molecule has 12 heteroatoms. The van der Waals surface area contributed by atoms with Crippen molar-refractivity contribution in [2.75, 3.05) is 6.54 Å². The van der Waals surface area contributed by atoms with Crippen LogP contribution in [-0.2, 0) is 19.2 Å². The van der Waals surface area contributed by atoms with Gasteiger partial charge in [-0.1, -0.05) is 30.3 Å². The van der Waals surface area contributed by atoms with Gasteiger partial charge in [0.05, 0.1) is 0 Å². The van der Waals surface area contributed by atoms with E-state index in [1.165, 1.54) is 0 Å². The molecule has 8 N–H and O–H groups in total. The Balaban J connectivity index is 0.000000410. The van der Waals surface area contributed by atoms with Crippen LogP contribution in [0.3, 0.4) is 0 Å². The number of benzene rings is 1. The van der Waals surface area contributed by atoms with Crippen molar-refractivity contribution in [3.8, 4) is 0 Å². The van der Waals surface area contributed by atoms with Crippen molar-refractivity contribution < 1.29 is 54.9 Å². The van der Waals surface area contributed by atoms with E-state index in [2.05, 4.69) is 5.32 Å². The summed E-state index contributed by atoms with van der Waals surface area (Å²) in [7, 11) is 0. The lowest BCUT2D eigenvalue weighted by Crippen LogP contribution is -2.39. The number of aliphatic hydroxyl groups is 3. The van der Waals surface area contributed by atoms with Crippen LogP contribution in [0.5, 0.6) is 0 Å². The highest BCUT2D eigenvalue weighted by atomic mass is 16.4. The lowest BCUT2D eigenvalue weighted by molar-refractivity contribution is -0.165. The Kier molecular flexibility index (Phi) is 11.8. The first-order valence-corrected chi connectivity index (χ1v) is 8.22. The first kappa shape index (κ1) is 25.9. The van der Waals surface area contributed by atoms with Gasteiger partial charge in [0.2, 0.25) is 0 Å². The maximum atomic E-state index is 10.2. The van der Waals surface area contributed by atoms with E-state index in [1.807, 2.05) is 0 Å². The van der Waals surface area contributed by atoms with Crippen molar-refractivity contribution in [2.45, 2.75) is 37.2 Å². The predicted octanol–water partition coefficient (Wildman–Crippen LogP) is -1.49. The number of carboxylic acids is 4. The second-order valence-electron chi connectivity index (χ2n) is 5.70. The Hall–Kier alpha value is -3.06. The molecule has 1 fully saturated rings. The molecule has 1 heterocycles. The van der Waals surface area contributed by atoms with E-state index >= 15 is 0 Å². The second-order valence-corrected chi connectivity index (χ2v) is 5.70. The van der Waals surface area contributed by atoms with Gasteiger partial charge in [-0.2, -0.15) is 0 Å². The number of hydrogen-bond donors (Lipinski definition) is 8. The Morgan fingerprint density at radius 3 is 1.59 bits per heavy atom. The van der Waals surface area contributed by atoms with Gasteiger partial charge in [-0.25, -0.2) is 14.4 Å². The highest BCUT2D eigenvalue weighted by molar-refractivity contribution is 5.83. The number of nitrogens with one attached hydrogen (secondary N) is 1. The topological polar surface area (TPSA) is 222 Å². The molecule has 162 valence electrons. The standard InChI is InChI=1S/C8H8O3.C5H9NO2.C4H6O6/c9-7(8(10)11)6-4-2-1-3-5-6;7-5(8)4-2-1-3-6-4;5-1(3(7)8)2(6)4(9)10/h1-5,7,9H,(H,10,11);4,6H,1-3H2,(H,7,8);1-2,5-6H,(H,7,8)(H,9,10)/t7-;4-;1-,2-/m101/s1. The van der Waals surface area contributed by atoms with Gasteiger partial charge in [-0.3, -0.25) is 4.79 Å². The van der Waals surface area contributed by atoms with Gasteiger partial charge in [-0.15, -0.1) is 0 Å². The van der Waals surface area contributed by atoms with E-state index in [1.54, 1.807) is 30.3 Å². The van der Waals surface area contributed by atoms with Gasteiger partial charge < -0.3 is 41.1 Å². The molecule has 0 bridgehead atoms. The van der Waals surface area contributed by atoms with E-state index in [-0.39, 0.29) is 6.04 Å². The third-order valence-corrected chi connectivity index (χ3v) is 3.51. The SMILES string of the molecule is O=C(O)[C@@H]1CCCN1.O=C(O)[C@H](O)[C@@H](O)C(=O)O.O=C(O)[C@H](O)c1ccccc1. The number of rotatable bonds is 6. The van der Waals surface area contributed by atoms with Crippen LogP contribution in [0.25, 0.3) is 0 Å². The molecule has 0 spiro atoms. The Bertz CT molecular complexity index is 655. The van der Waals surface area contributed by atoms with Crippen molar-refractivity contribution >= 4 is 23.9 Å². The minimum absolute atomic E-state index is 0.269. The fourth-order valence-corrected chi connectivity index (χ4v) is 1.94. The van der Waals surface area contributed by atoms with Crippen LogP contribution >= 0.6 is 0 Å². The van der Waals surface area contributed by atoms with Crippen molar-refractivity contribution in [2.24, 2.45) is 0 Å². The minimum Gasteiger partial charge on any atom is -0.480 e.